The van der Waals surface area contributed by atoms with E-state index in [1.165, 1.54) is 0 Å². The summed E-state index contributed by atoms with van der Waals surface area (Å²) in [5.74, 6) is -2.17. The van der Waals surface area contributed by atoms with Crippen molar-refractivity contribution in [2.75, 3.05) is 6.61 Å². The van der Waals surface area contributed by atoms with Crippen LogP contribution >= 0.6 is 0 Å². The van der Waals surface area contributed by atoms with E-state index >= 15 is 0 Å². The standard InChI is InChI=1S/2C2H4O2.C2H6O.Cd/c2*1-2(3)4;1-2-3;/h2*1H3,(H,3,4);3H,2H2,1H3;/q;;;+2/p-2. The molecule has 0 aromatic carbocycles. The second kappa shape index (κ2) is 22.4. The van der Waals surface area contributed by atoms with Crippen molar-refractivity contribution >= 4 is 11.9 Å². The quantitative estimate of drug-likeness (QED) is 0.493. The van der Waals surface area contributed by atoms with Gasteiger partial charge in [-0.25, -0.2) is 0 Å². The Bertz CT molecular complexity index is 84.1. The fraction of sp³-hybridized carbons (Fsp3) is 0.667. The van der Waals surface area contributed by atoms with Gasteiger partial charge in [0.05, 0.1) is 0 Å². The number of aliphatic hydroxyl groups excluding tert-OH is 1. The minimum absolute atomic E-state index is 0. The van der Waals surface area contributed by atoms with Crippen LogP contribution in [0, 0.1) is 0 Å². The smallest absolute Gasteiger partial charge is 0.550 e. The molecule has 0 heterocycles. The molecule has 12 heavy (non-hydrogen) atoms. The Balaban J connectivity index is -0.0000000389. The molecule has 0 aromatic heterocycles. The van der Waals surface area contributed by atoms with E-state index in [2.05, 4.69) is 0 Å². The summed E-state index contributed by atoms with van der Waals surface area (Å²) in [5.41, 5.74) is 0. The summed E-state index contributed by atoms with van der Waals surface area (Å²) in [7, 11) is 0. The molecule has 0 rings (SSSR count). The third-order valence-corrected chi connectivity index (χ3v) is 0. The van der Waals surface area contributed by atoms with Crippen LogP contribution in [0.4, 0.5) is 0 Å². The summed E-state index contributed by atoms with van der Waals surface area (Å²) in [6.45, 7) is 3.88. The number of carboxylic acids is 2. The van der Waals surface area contributed by atoms with E-state index < -0.39 is 11.9 Å². The molecule has 0 unspecified atom stereocenters. The Morgan fingerprint density at radius 2 is 1.17 bits per heavy atom. The largest absolute Gasteiger partial charge is 2.00 e. The third kappa shape index (κ3) is 24100. The molecular formula is C6H12CdO5. The van der Waals surface area contributed by atoms with Gasteiger partial charge >= 0.3 is 27.3 Å². The van der Waals surface area contributed by atoms with Gasteiger partial charge < -0.3 is 24.9 Å². The average Bonchev–Trinajstić information content (AvgIpc) is 1.60. The number of carboxylic acid groups (broad SMARTS) is 2. The van der Waals surface area contributed by atoms with Gasteiger partial charge in [-0.1, -0.05) is 0 Å². The zero-order valence-corrected chi connectivity index (χ0v) is 11.5. The fourth-order valence-electron chi connectivity index (χ4n) is 0. The van der Waals surface area contributed by atoms with Crippen molar-refractivity contribution in [3.63, 3.8) is 0 Å². The van der Waals surface area contributed by atoms with Gasteiger partial charge in [-0.05, 0) is 20.8 Å². The predicted molar refractivity (Wildman–Crippen MR) is 34.1 cm³/mol. The second-order valence-corrected chi connectivity index (χ2v) is 1.30. The summed E-state index contributed by atoms with van der Waals surface area (Å²) in [6, 6.07) is 0. The van der Waals surface area contributed by atoms with E-state index in [0.29, 0.717) is 0 Å². The summed E-state index contributed by atoms with van der Waals surface area (Å²) >= 11 is 0. The predicted octanol–water partition coefficient (Wildman–Crippen LogP) is -2.49. The third-order valence-electron chi connectivity index (χ3n) is 0. The molecule has 0 aliphatic heterocycles. The average molecular weight is 277 g/mol. The van der Waals surface area contributed by atoms with E-state index in [-0.39, 0.29) is 33.9 Å². The van der Waals surface area contributed by atoms with Gasteiger partial charge in [0.25, 0.3) is 0 Å². The number of carbonyl (C=O) groups is 2. The van der Waals surface area contributed by atoms with Crippen molar-refractivity contribution in [2.45, 2.75) is 20.8 Å². The van der Waals surface area contributed by atoms with Crippen LogP contribution < -0.4 is 10.2 Å². The van der Waals surface area contributed by atoms with E-state index in [1.54, 1.807) is 6.92 Å². The molecule has 0 radical (unpaired) electrons. The van der Waals surface area contributed by atoms with Crippen LogP contribution in [-0.4, -0.2) is 23.7 Å². The Morgan fingerprint density at radius 1 is 1.17 bits per heavy atom. The molecule has 1 N–H and O–H groups in total. The van der Waals surface area contributed by atoms with Crippen molar-refractivity contribution in [3.05, 3.63) is 0 Å². The minimum atomic E-state index is -1.08. The van der Waals surface area contributed by atoms with E-state index in [9.17, 15) is 0 Å². The molecule has 0 saturated carbocycles. The van der Waals surface area contributed by atoms with E-state index in [4.69, 9.17) is 24.9 Å². The maximum absolute atomic E-state index is 8.89. The van der Waals surface area contributed by atoms with Crippen LogP contribution in [0.3, 0.4) is 0 Å². The summed E-state index contributed by atoms with van der Waals surface area (Å²) in [5, 5.41) is 25.3. The number of hydrogen-bond donors (Lipinski definition) is 1. The summed E-state index contributed by atoms with van der Waals surface area (Å²) in [6.07, 6.45) is 0. The van der Waals surface area contributed by atoms with Crippen molar-refractivity contribution in [1.82, 2.24) is 0 Å². The van der Waals surface area contributed by atoms with Gasteiger partial charge in [0.15, 0.2) is 0 Å². The normalized spacial score (nSPS) is 5.67. The Kier molecular flexibility index (Phi) is 42.3. The van der Waals surface area contributed by atoms with Crippen molar-refractivity contribution in [1.29, 1.82) is 0 Å². The Hall–Kier alpha value is -0.178. The minimum Gasteiger partial charge on any atom is -0.550 e. The van der Waals surface area contributed by atoms with Crippen LogP contribution in [-0.2, 0) is 36.9 Å². The molecule has 0 atom stereocenters. The number of carbonyl (C=O) groups excluding carboxylic acids is 2. The number of aliphatic carboxylic acids is 2. The zero-order valence-electron chi connectivity index (χ0n) is 7.49. The van der Waals surface area contributed by atoms with Crippen LogP contribution in [0.1, 0.15) is 20.8 Å². The zero-order chi connectivity index (χ0) is 9.86. The number of rotatable bonds is 0. The van der Waals surface area contributed by atoms with Gasteiger partial charge in [0, 0.05) is 18.5 Å². The molecule has 0 bridgehead atoms. The summed E-state index contributed by atoms with van der Waals surface area (Å²) in [4.78, 5) is 17.8. The summed E-state index contributed by atoms with van der Waals surface area (Å²) < 4.78 is 0. The van der Waals surface area contributed by atoms with E-state index in [1.807, 2.05) is 0 Å². The molecule has 0 fully saturated rings. The van der Waals surface area contributed by atoms with Crippen LogP contribution in [0.2, 0.25) is 0 Å². The molecule has 0 aliphatic carbocycles. The molecule has 0 aliphatic rings. The van der Waals surface area contributed by atoms with Crippen LogP contribution in [0.5, 0.6) is 0 Å². The molecule has 0 saturated heterocycles. The molecule has 5 nitrogen and oxygen atoms in total. The second-order valence-electron chi connectivity index (χ2n) is 1.30. The van der Waals surface area contributed by atoms with Crippen LogP contribution in [0.25, 0.3) is 0 Å². The van der Waals surface area contributed by atoms with Crippen molar-refractivity contribution in [3.8, 4) is 0 Å². The maximum Gasteiger partial charge on any atom is 2.00 e. The Labute approximate surface area is 91.6 Å². The fourth-order valence-corrected chi connectivity index (χ4v) is 0. The first-order valence-electron chi connectivity index (χ1n) is 2.84. The molecule has 0 amide bonds. The van der Waals surface area contributed by atoms with Crippen LogP contribution in [0.15, 0.2) is 0 Å². The van der Waals surface area contributed by atoms with Gasteiger partial charge in [0.1, 0.15) is 0 Å². The van der Waals surface area contributed by atoms with Gasteiger partial charge in [-0.2, -0.15) is 0 Å². The Morgan fingerprint density at radius 3 is 1.17 bits per heavy atom. The number of hydrogen-bond acceptors (Lipinski definition) is 5. The first-order valence-corrected chi connectivity index (χ1v) is 2.84. The molecule has 0 spiro atoms. The SMILES string of the molecule is CC(=O)[O-].CC(=O)[O-].CCO.[Cd+2]. The van der Waals surface area contributed by atoms with Gasteiger partial charge in [-0.3, -0.25) is 0 Å². The molecule has 0 aromatic rings. The topological polar surface area (TPSA) is 100 Å². The van der Waals surface area contributed by atoms with E-state index in [0.717, 1.165) is 13.8 Å². The van der Waals surface area contributed by atoms with Crippen molar-refractivity contribution < 1.29 is 52.2 Å². The molecular weight excluding hydrogens is 264 g/mol. The maximum atomic E-state index is 8.89. The monoisotopic (exact) mass is 278 g/mol. The van der Waals surface area contributed by atoms with Crippen molar-refractivity contribution in [2.24, 2.45) is 0 Å². The first-order chi connectivity index (χ1) is 4.88. The van der Waals surface area contributed by atoms with Gasteiger partial charge in [-0.15, -0.1) is 0 Å². The first kappa shape index (κ1) is 22.6. The molecule has 6 heteroatoms. The number of aliphatic hydroxyl groups is 1. The molecule has 68 valence electrons. The van der Waals surface area contributed by atoms with Gasteiger partial charge in [0.2, 0.25) is 0 Å².